The number of benzene rings is 2. The summed E-state index contributed by atoms with van der Waals surface area (Å²) in [6.07, 6.45) is 3.82. The van der Waals surface area contributed by atoms with Crippen molar-refractivity contribution in [3.05, 3.63) is 71.5 Å². The summed E-state index contributed by atoms with van der Waals surface area (Å²) in [5.41, 5.74) is 5.17. The number of aryl methyl sites for hydroxylation is 1. The van der Waals surface area contributed by atoms with Crippen molar-refractivity contribution in [2.24, 2.45) is 0 Å². The lowest BCUT2D eigenvalue weighted by Crippen LogP contribution is -2.29. The van der Waals surface area contributed by atoms with Crippen molar-refractivity contribution in [2.45, 2.75) is 33.1 Å². The van der Waals surface area contributed by atoms with Gasteiger partial charge in [0.1, 0.15) is 0 Å². The highest BCUT2D eigenvalue weighted by Gasteiger charge is 2.19. The maximum absolute atomic E-state index is 12.9. The van der Waals surface area contributed by atoms with Gasteiger partial charge in [-0.2, -0.15) is 5.10 Å². The summed E-state index contributed by atoms with van der Waals surface area (Å²) < 4.78 is 1.82. The Labute approximate surface area is 166 Å². The zero-order valence-corrected chi connectivity index (χ0v) is 16.5. The van der Waals surface area contributed by atoms with Crippen LogP contribution in [0.15, 0.2) is 54.6 Å². The molecule has 0 atom stereocenters. The number of nitrogens with zero attached hydrogens (tertiary/aromatic N) is 3. The first kappa shape index (κ1) is 18.3. The fourth-order valence-corrected chi connectivity index (χ4v) is 3.89. The van der Waals surface area contributed by atoms with Gasteiger partial charge in [0.15, 0.2) is 0 Å². The number of nitrogens with one attached hydrogen (secondary N) is 1. The molecule has 2 heterocycles. The van der Waals surface area contributed by atoms with Crippen LogP contribution in [0.1, 0.15) is 41.0 Å². The van der Waals surface area contributed by atoms with E-state index in [1.165, 1.54) is 24.9 Å². The molecule has 1 saturated heterocycles. The van der Waals surface area contributed by atoms with Crippen LogP contribution >= 0.6 is 0 Å². The van der Waals surface area contributed by atoms with Crippen molar-refractivity contribution in [1.29, 1.82) is 0 Å². The van der Waals surface area contributed by atoms with Crippen LogP contribution in [-0.2, 0) is 0 Å². The van der Waals surface area contributed by atoms with Crippen LogP contribution in [0.4, 0.5) is 11.4 Å². The molecule has 4 rings (SSSR count). The summed E-state index contributed by atoms with van der Waals surface area (Å²) in [5, 5.41) is 7.59. The first-order valence-corrected chi connectivity index (χ1v) is 9.91. The average molecular weight is 374 g/mol. The first-order valence-electron chi connectivity index (χ1n) is 9.91. The highest BCUT2D eigenvalue weighted by atomic mass is 16.1. The summed E-state index contributed by atoms with van der Waals surface area (Å²) in [6.45, 7) is 6.04. The Morgan fingerprint density at radius 1 is 0.893 bits per heavy atom. The standard InChI is InChI=1S/C23H26N4O/c1-17-22(18(2)27(25-17)21-9-5-3-6-10-21)23(28)24-19-11-13-20(14-12-19)26-15-7-4-8-16-26/h3,5-6,9-14H,4,7-8,15-16H2,1-2H3,(H,24,28). The van der Waals surface area contributed by atoms with Gasteiger partial charge in [-0.15, -0.1) is 0 Å². The van der Waals surface area contributed by atoms with E-state index >= 15 is 0 Å². The van der Waals surface area contributed by atoms with E-state index in [1.807, 2.05) is 61.0 Å². The zero-order chi connectivity index (χ0) is 19.5. The van der Waals surface area contributed by atoms with Gasteiger partial charge >= 0.3 is 0 Å². The van der Waals surface area contributed by atoms with E-state index in [1.54, 1.807) is 0 Å². The van der Waals surface area contributed by atoms with Gasteiger partial charge < -0.3 is 10.2 Å². The summed E-state index contributed by atoms with van der Waals surface area (Å²) in [7, 11) is 0. The molecule has 0 bridgehead atoms. The molecule has 1 aliphatic heterocycles. The van der Waals surface area contributed by atoms with Crippen LogP contribution in [0, 0.1) is 13.8 Å². The molecule has 5 nitrogen and oxygen atoms in total. The van der Waals surface area contributed by atoms with Crippen LogP contribution in [-0.4, -0.2) is 28.8 Å². The number of hydrogen-bond donors (Lipinski definition) is 1. The van der Waals surface area contributed by atoms with Crippen molar-refractivity contribution in [3.63, 3.8) is 0 Å². The molecule has 1 fully saturated rings. The molecular weight excluding hydrogens is 348 g/mol. The summed E-state index contributed by atoms with van der Waals surface area (Å²) in [4.78, 5) is 15.3. The smallest absolute Gasteiger partial charge is 0.259 e. The molecule has 28 heavy (non-hydrogen) atoms. The van der Waals surface area contributed by atoms with Gasteiger partial charge in [0.2, 0.25) is 0 Å². The second kappa shape index (κ2) is 7.89. The number of hydrogen-bond acceptors (Lipinski definition) is 3. The highest BCUT2D eigenvalue weighted by molar-refractivity contribution is 6.06. The number of rotatable bonds is 4. The SMILES string of the molecule is Cc1nn(-c2ccccc2)c(C)c1C(=O)Nc1ccc(N2CCCCC2)cc1. The Kier molecular flexibility index (Phi) is 5.15. The van der Waals surface area contributed by atoms with Gasteiger partial charge in [-0.1, -0.05) is 18.2 Å². The number of carbonyl (C=O) groups excluding carboxylic acids is 1. The number of amides is 1. The second-order valence-electron chi connectivity index (χ2n) is 7.34. The van der Waals surface area contributed by atoms with Gasteiger partial charge in [-0.05, 0) is 69.5 Å². The fraction of sp³-hybridized carbons (Fsp3) is 0.304. The third-order valence-electron chi connectivity index (χ3n) is 5.37. The van der Waals surface area contributed by atoms with Crippen molar-refractivity contribution >= 4 is 17.3 Å². The Bertz CT molecular complexity index is 954. The normalized spacial score (nSPS) is 14.1. The third kappa shape index (κ3) is 3.65. The average Bonchev–Trinajstić information content (AvgIpc) is 3.04. The molecule has 144 valence electrons. The predicted octanol–water partition coefficient (Wildman–Crippen LogP) is 4.73. The topological polar surface area (TPSA) is 50.2 Å². The monoisotopic (exact) mass is 374 g/mol. The van der Waals surface area contributed by atoms with Crippen LogP contribution in [0.3, 0.4) is 0 Å². The van der Waals surface area contributed by atoms with Gasteiger partial charge in [0, 0.05) is 24.5 Å². The maximum Gasteiger partial charge on any atom is 0.259 e. The van der Waals surface area contributed by atoms with Crippen molar-refractivity contribution in [2.75, 3.05) is 23.3 Å². The maximum atomic E-state index is 12.9. The number of piperidine rings is 1. The largest absolute Gasteiger partial charge is 0.372 e. The van der Waals surface area contributed by atoms with Gasteiger partial charge in [-0.25, -0.2) is 4.68 Å². The van der Waals surface area contributed by atoms with Crippen LogP contribution in [0.25, 0.3) is 5.69 Å². The number of anilines is 2. The van der Waals surface area contributed by atoms with E-state index < -0.39 is 0 Å². The van der Waals surface area contributed by atoms with Crippen molar-refractivity contribution in [1.82, 2.24) is 9.78 Å². The first-order chi connectivity index (χ1) is 13.6. The lowest BCUT2D eigenvalue weighted by molar-refractivity contribution is 0.102. The molecule has 1 N–H and O–H groups in total. The van der Waals surface area contributed by atoms with Gasteiger partial charge in [-0.3, -0.25) is 4.79 Å². The van der Waals surface area contributed by atoms with Crippen LogP contribution in [0.2, 0.25) is 0 Å². The Morgan fingerprint density at radius 3 is 2.25 bits per heavy atom. The Hall–Kier alpha value is -3.08. The van der Waals surface area contributed by atoms with Crippen molar-refractivity contribution in [3.8, 4) is 5.69 Å². The van der Waals surface area contributed by atoms with E-state index in [-0.39, 0.29) is 5.91 Å². The van der Waals surface area contributed by atoms with Crippen LogP contribution in [0.5, 0.6) is 0 Å². The molecular formula is C23H26N4O. The Balaban J connectivity index is 1.52. The molecule has 5 heteroatoms. The molecule has 1 amide bonds. The van der Waals surface area contributed by atoms with E-state index in [2.05, 4.69) is 27.4 Å². The lowest BCUT2D eigenvalue weighted by Gasteiger charge is -2.28. The highest BCUT2D eigenvalue weighted by Crippen LogP contribution is 2.23. The van der Waals surface area contributed by atoms with E-state index in [4.69, 9.17) is 0 Å². The molecule has 0 radical (unpaired) electrons. The minimum atomic E-state index is -0.122. The van der Waals surface area contributed by atoms with Gasteiger partial charge in [0.05, 0.1) is 22.6 Å². The Morgan fingerprint density at radius 2 is 1.57 bits per heavy atom. The molecule has 3 aromatic rings. The zero-order valence-electron chi connectivity index (χ0n) is 16.5. The summed E-state index contributed by atoms with van der Waals surface area (Å²) in [6, 6.07) is 18.0. The minimum Gasteiger partial charge on any atom is -0.372 e. The fourth-order valence-electron chi connectivity index (χ4n) is 3.89. The van der Waals surface area contributed by atoms with E-state index in [0.29, 0.717) is 5.56 Å². The third-order valence-corrected chi connectivity index (χ3v) is 5.37. The number of aromatic nitrogens is 2. The molecule has 1 aliphatic rings. The summed E-state index contributed by atoms with van der Waals surface area (Å²) >= 11 is 0. The summed E-state index contributed by atoms with van der Waals surface area (Å²) in [5.74, 6) is -0.122. The molecule has 2 aromatic carbocycles. The molecule has 0 aliphatic carbocycles. The molecule has 1 aromatic heterocycles. The van der Waals surface area contributed by atoms with Gasteiger partial charge in [0.25, 0.3) is 5.91 Å². The van der Waals surface area contributed by atoms with E-state index in [0.717, 1.165) is 35.9 Å². The van der Waals surface area contributed by atoms with E-state index in [9.17, 15) is 4.79 Å². The predicted molar refractivity (Wildman–Crippen MR) is 113 cm³/mol. The quantitative estimate of drug-likeness (QED) is 0.718. The van der Waals surface area contributed by atoms with Crippen molar-refractivity contribution < 1.29 is 4.79 Å². The number of carbonyl (C=O) groups is 1. The minimum absolute atomic E-state index is 0.122. The second-order valence-corrected chi connectivity index (χ2v) is 7.34. The molecule has 0 unspecified atom stereocenters. The molecule has 0 saturated carbocycles. The molecule has 0 spiro atoms. The lowest BCUT2D eigenvalue weighted by atomic mass is 10.1. The van der Waals surface area contributed by atoms with Crippen LogP contribution < -0.4 is 10.2 Å². The number of para-hydroxylation sites is 1.